The average molecular weight is 1840 g/mol. The summed E-state index contributed by atoms with van der Waals surface area (Å²) in [5.74, 6) is 8.37. The summed E-state index contributed by atoms with van der Waals surface area (Å²) < 4.78 is 0. The van der Waals surface area contributed by atoms with Crippen LogP contribution in [0.25, 0.3) is 0 Å². The lowest BCUT2D eigenvalue weighted by molar-refractivity contribution is -0.0199. The molecule has 0 N–H and O–H groups in total. The van der Waals surface area contributed by atoms with Crippen molar-refractivity contribution in [3.05, 3.63) is 351 Å². The molecule has 2 atom stereocenters. The number of anilines is 23. The van der Waals surface area contributed by atoms with E-state index < -0.39 is 0 Å². The van der Waals surface area contributed by atoms with Crippen LogP contribution in [0.4, 0.5) is 131 Å². The molecular weight excluding hydrogens is 1720 g/mol. The Balaban J connectivity index is 0.706. The highest BCUT2D eigenvalue weighted by molar-refractivity contribution is 7.04. The van der Waals surface area contributed by atoms with Crippen molar-refractivity contribution < 1.29 is 0 Å². The molecule has 16 fully saturated rings. The first-order valence-corrected chi connectivity index (χ1v) is 54.8. The second-order valence-electron chi connectivity index (χ2n) is 48.7. The van der Waals surface area contributed by atoms with E-state index in [0.717, 1.165) is 0 Å². The van der Waals surface area contributed by atoms with Crippen molar-refractivity contribution in [1.29, 1.82) is 0 Å². The Kier molecular flexibility index (Phi) is 16.5. The van der Waals surface area contributed by atoms with E-state index in [2.05, 4.69) is 390 Å². The van der Waals surface area contributed by atoms with Crippen molar-refractivity contribution in [2.24, 2.45) is 71.0 Å². The quantitative estimate of drug-likeness (QED) is 0.111. The van der Waals surface area contributed by atoms with Gasteiger partial charge in [0.2, 0.25) is 0 Å². The zero-order valence-electron chi connectivity index (χ0n) is 80.9. The molecule has 9 nitrogen and oxygen atoms in total. The summed E-state index contributed by atoms with van der Waals surface area (Å²) in [4.78, 5) is 26.5. The summed E-state index contributed by atoms with van der Waals surface area (Å²) in [6, 6.07) is 140. The maximum absolute atomic E-state index is 3.30. The van der Waals surface area contributed by atoms with Gasteiger partial charge >= 0.3 is 0 Å². The molecule has 15 aromatic rings. The highest BCUT2D eigenvalue weighted by Crippen LogP contribution is 2.70. The second-order valence-corrected chi connectivity index (χ2v) is 48.7. The maximum Gasteiger partial charge on any atom is 0.252 e. The van der Waals surface area contributed by atoms with Crippen LogP contribution in [0.15, 0.2) is 346 Å². The van der Waals surface area contributed by atoms with Gasteiger partial charge in [-0.1, -0.05) is 188 Å². The monoisotopic (exact) mass is 1840 g/mol. The SMILES string of the molecule is c1ccc(N(c2ccccc2)c2cc3c4c(c2)N(C25CC6CC(CC(C6)C2)C5)c2cc5c(cc2B4c2ccccc2N3c2ccccc2)B2c3cc4c(cc3N(C36CC7CC(CC(C7)C3)C6)c3cc(N(c6ccccc6)c6ccccc6)cc(c32)N5C23CC5CC(CC(C5)C2)C3)N2c3cc(cc5c3B4c3ccccc3N5c3ccccc3)N(c3ccccc3)c3cccc(c3)C3C4CC5CC3CC2(C5)C4)cc1. The largest absolute Gasteiger partial charge is 0.336 e. The molecule has 15 aromatic carbocycles. The molecule has 16 aliphatic carbocycles. The predicted octanol–water partition coefficient (Wildman–Crippen LogP) is 26.6. The third kappa shape index (κ3) is 11.2. The Morgan fingerprint density at radius 1 is 0.190 bits per heavy atom. The van der Waals surface area contributed by atoms with Crippen LogP contribution in [0.3, 0.4) is 0 Å². The Morgan fingerprint density at radius 3 is 0.831 bits per heavy atom. The van der Waals surface area contributed by atoms with Crippen LogP contribution in [0.5, 0.6) is 0 Å². The zero-order valence-corrected chi connectivity index (χ0v) is 80.9. The Labute approximate surface area is 836 Å². The summed E-state index contributed by atoms with van der Waals surface area (Å²) in [6.07, 6.45) is 29.4. The number of benzene rings is 15. The first-order valence-electron chi connectivity index (χ1n) is 54.8. The summed E-state index contributed by atoms with van der Waals surface area (Å²) in [5, 5.41) is 0. The van der Waals surface area contributed by atoms with Gasteiger partial charge in [0.15, 0.2) is 0 Å². The number of nitrogens with zero attached hydrogens (tertiary/aromatic N) is 9. The van der Waals surface area contributed by atoms with E-state index in [4.69, 9.17) is 0 Å². The summed E-state index contributed by atoms with van der Waals surface area (Å²) >= 11 is 0. The molecule has 142 heavy (non-hydrogen) atoms. The lowest BCUT2D eigenvalue weighted by Gasteiger charge is -2.66. The zero-order chi connectivity index (χ0) is 92.1. The molecule has 39 rings (SSSR count). The van der Waals surface area contributed by atoms with Crippen LogP contribution in [0.1, 0.15) is 159 Å². The molecule has 1 spiro atoms. The first kappa shape index (κ1) is 80.3. The van der Waals surface area contributed by atoms with Crippen LogP contribution in [0, 0.1) is 71.0 Å². The standard InChI is InChI=1S/C130H116B3N9/c1-8-28-94(29-9-1)134(95-30-10-2-11-31-95)102-59-117-124-119(61-102)139(127-69-81-47-82(70-127)49-83(48-81)71-127)113-67-115-109(65-107(113)131(124)105-43-22-24-45-111(105)137(117)99-38-18-6-19-39-99)133-110-66-108-114(68-116(110)141(129-75-87-53-88(76-129)55-89(54-87)77-129)122-64-104(135(96-32-12-3-13-33-96)97-34-14-4-15-35-97)63-121(126(122)133)140(115)128-72-84-50-85(73-128)52-86(51-84)74-128)142-120-62-103(60-118-125(120)132(108)106-44-23-25-46-112(106)138(118)100-40-20-7-21-41-100)136(98-36-16-5-17-37-98)101-42-26-27-91(58-101)123-92-56-90-57-93(123)80-130(142,78-90)79-92/h1-46,58-68,81-90,92-93,123H,47-57,69-80H2. The number of hydrogen-bond acceptors (Lipinski definition) is 9. The molecule has 8 heterocycles. The fourth-order valence-corrected chi connectivity index (χ4v) is 37.9. The normalized spacial score (nSPS) is 29.4. The molecule has 0 saturated heterocycles. The van der Waals surface area contributed by atoms with Gasteiger partial charge in [0.25, 0.3) is 20.1 Å². The van der Waals surface area contributed by atoms with Gasteiger partial charge in [-0.15, -0.1) is 0 Å². The average Bonchev–Trinajstić information content (AvgIpc) is 0.661. The van der Waals surface area contributed by atoms with Gasteiger partial charge in [0.05, 0.1) is 17.1 Å². The van der Waals surface area contributed by atoms with E-state index in [1.54, 1.807) is 11.0 Å². The molecule has 0 radical (unpaired) electrons. The highest BCUT2D eigenvalue weighted by Gasteiger charge is 2.66. The van der Waals surface area contributed by atoms with Crippen LogP contribution >= 0.6 is 0 Å². The van der Waals surface area contributed by atoms with Crippen LogP contribution < -0.4 is 93.3 Å². The minimum atomic E-state index is -0.166. The maximum atomic E-state index is 3.30. The molecule has 8 aliphatic heterocycles. The van der Waals surface area contributed by atoms with Crippen molar-refractivity contribution in [3.63, 3.8) is 0 Å². The Morgan fingerprint density at radius 2 is 0.465 bits per heavy atom. The lowest BCUT2D eigenvalue weighted by atomic mass is 9.28. The fraction of sp³-hybridized carbons (Fsp3) is 0.308. The summed E-state index contributed by atoms with van der Waals surface area (Å²) in [5.41, 5.74) is 44.4. The van der Waals surface area contributed by atoms with E-state index in [-0.39, 0.29) is 42.3 Å². The number of fused-ring (bicyclic) bond motifs is 12. The second kappa shape index (κ2) is 29.3. The molecule has 0 amide bonds. The Bertz CT molecular complexity index is 7500. The molecule has 16 saturated carbocycles. The van der Waals surface area contributed by atoms with Crippen molar-refractivity contribution >= 4 is 200 Å². The molecule has 24 aliphatic rings. The van der Waals surface area contributed by atoms with Gasteiger partial charge in [-0.05, 0) is 437 Å². The van der Waals surface area contributed by atoms with E-state index in [1.807, 2.05) is 0 Å². The molecule has 21 bridgehead atoms. The van der Waals surface area contributed by atoms with Crippen molar-refractivity contribution in [2.45, 2.75) is 176 Å². The van der Waals surface area contributed by atoms with Crippen LogP contribution in [-0.2, 0) is 0 Å². The first-order chi connectivity index (χ1) is 70.1. The minimum absolute atomic E-state index is 0.105. The van der Waals surface area contributed by atoms with Gasteiger partial charge in [-0.2, -0.15) is 0 Å². The third-order valence-corrected chi connectivity index (χ3v) is 40.8. The van der Waals surface area contributed by atoms with Gasteiger partial charge in [-0.3, -0.25) is 0 Å². The molecule has 2 unspecified atom stereocenters. The van der Waals surface area contributed by atoms with Crippen molar-refractivity contribution in [2.75, 3.05) is 44.1 Å². The highest BCUT2D eigenvalue weighted by atomic mass is 15.3. The molecule has 12 heteroatoms. The minimum Gasteiger partial charge on any atom is -0.336 e. The van der Waals surface area contributed by atoms with E-state index in [0.29, 0.717) is 76.9 Å². The predicted molar refractivity (Wildman–Crippen MR) is 590 cm³/mol. The van der Waals surface area contributed by atoms with Crippen LogP contribution in [-0.4, -0.2) is 42.3 Å². The van der Waals surface area contributed by atoms with Crippen molar-refractivity contribution in [3.8, 4) is 0 Å². The van der Waals surface area contributed by atoms with Gasteiger partial charge in [0.1, 0.15) is 0 Å². The van der Waals surface area contributed by atoms with E-state index in [9.17, 15) is 0 Å². The number of rotatable bonds is 12. The van der Waals surface area contributed by atoms with Crippen molar-refractivity contribution in [1.82, 2.24) is 0 Å². The molecular formula is C130H116B3N9. The molecule has 690 valence electrons. The number of hydrogen-bond donors (Lipinski definition) is 0. The van der Waals surface area contributed by atoms with Gasteiger partial charge < -0.3 is 44.1 Å². The summed E-state index contributed by atoms with van der Waals surface area (Å²) in [7, 11) is 0. The van der Waals surface area contributed by atoms with Crippen LogP contribution in [0.2, 0.25) is 0 Å². The van der Waals surface area contributed by atoms with E-state index >= 15 is 0 Å². The summed E-state index contributed by atoms with van der Waals surface area (Å²) in [6.45, 7) is -0.382. The van der Waals surface area contributed by atoms with Gasteiger partial charge in [-0.25, -0.2) is 0 Å². The fourth-order valence-electron chi connectivity index (χ4n) is 37.9. The topological polar surface area (TPSA) is 29.2 Å². The van der Waals surface area contributed by atoms with E-state index in [1.165, 1.54) is 322 Å². The lowest BCUT2D eigenvalue weighted by Crippen LogP contribution is -2.72. The molecule has 0 aromatic heterocycles. The third-order valence-electron chi connectivity index (χ3n) is 40.8. The number of para-hydroxylation sites is 9. The smallest absolute Gasteiger partial charge is 0.252 e. The Hall–Kier alpha value is -13.3. The van der Waals surface area contributed by atoms with Gasteiger partial charge in [0, 0.05) is 136 Å².